The molecule has 0 unspecified atom stereocenters. The Kier molecular flexibility index (Phi) is 2.30. The van der Waals surface area contributed by atoms with Crippen molar-refractivity contribution in [3.8, 4) is 0 Å². The highest BCUT2D eigenvalue weighted by Crippen LogP contribution is 2.18. The number of halogens is 1. The van der Waals surface area contributed by atoms with Crippen LogP contribution >= 0.6 is 23.7 Å². The first-order valence-electron chi connectivity index (χ1n) is 2.89. The van der Waals surface area contributed by atoms with Gasteiger partial charge in [0.1, 0.15) is 0 Å². The Balaban J connectivity index is 0.000000500. The van der Waals surface area contributed by atoms with Gasteiger partial charge in [0.25, 0.3) is 0 Å². The molecule has 2 rings (SSSR count). The van der Waals surface area contributed by atoms with E-state index in [4.69, 9.17) is 0 Å². The van der Waals surface area contributed by atoms with Crippen LogP contribution in [-0.2, 0) is 0 Å². The van der Waals surface area contributed by atoms with E-state index < -0.39 is 0 Å². The predicted octanol–water partition coefficient (Wildman–Crippen LogP) is 3.32. The molecule has 0 saturated carbocycles. The minimum Gasteiger partial charge on any atom is -0.147 e. The molecule has 0 aliphatic carbocycles. The van der Waals surface area contributed by atoms with Crippen molar-refractivity contribution < 1.29 is 0 Å². The average Bonchev–Trinajstić information content (AvgIpc) is 2.33. The van der Waals surface area contributed by atoms with Crippen LogP contribution in [0.25, 0.3) is 10.1 Å². The van der Waals surface area contributed by atoms with Gasteiger partial charge < -0.3 is 0 Å². The summed E-state index contributed by atoms with van der Waals surface area (Å²) in [5, 5.41) is 3.47. The highest BCUT2D eigenvalue weighted by Gasteiger charge is 1.87. The number of rotatable bonds is 0. The SMILES string of the molecule is Cl.c1ccc2sccc2c1. The zero-order valence-corrected chi connectivity index (χ0v) is 6.91. The van der Waals surface area contributed by atoms with E-state index in [2.05, 4.69) is 35.7 Å². The molecule has 0 N–H and O–H groups in total. The highest BCUT2D eigenvalue weighted by atomic mass is 35.5. The van der Waals surface area contributed by atoms with Gasteiger partial charge in [-0.05, 0) is 22.9 Å². The summed E-state index contributed by atoms with van der Waals surface area (Å²) in [6.07, 6.45) is 0. The van der Waals surface area contributed by atoms with E-state index in [9.17, 15) is 0 Å². The molecule has 2 heteroatoms. The molecule has 2 aromatic rings. The van der Waals surface area contributed by atoms with Crippen LogP contribution in [0.15, 0.2) is 35.7 Å². The van der Waals surface area contributed by atoms with Gasteiger partial charge in [0.2, 0.25) is 0 Å². The second kappa shape index (κ2) is 3.04. The second-order valence-corrected chi connectivity index (χ2v) is 2.91. The number of fused-ring (bicyclic) bond motifs is 1. The van der Waals surface area contributed by atoms with E-state index in [0.29, 0.717) is 0 Å². The summed E-state index contributed by atoms with van der Waals surface area (Å²) in [6, 6.07) is 10.5. The number of benzene rings is 1. The molecule has 0 fully saturated rings. The van der Waals surface area contributed by atoms with Gasteiger partial charge in [-0.2, -0.15) is 0 Å². The molecule has 0 radical (unpaired) electrons. The van der Waals surface area contributed by atoms with Gasteiger partial charge in [-0.15, -0.1) is 23.7 Å². The van der Waals surface area contributed by atoms with E-state index in [-0.39, 0.29) is 12.4 Å². The lowest BCUT2D eigenvalue weighted by Crippen LogP contribution is -1.56. The molecular weight excluding hydrogens is 164 g/mol. The van der Waals surface area contributed by atoms with Gasteiger partial charge in [-0.1, -0.05) is 18.2 Å². The van der Waals surface area contributed by atoms with Crippen LogP contribution in [0, 0.1) is 0 Å². The highest BCUT2D eigenvalue weighted by molar-refractivity contribution is 7.17. The van der Waals surface area contributed by atoms with Gasteiger partial charge >= 0.3 is 0 Å². The second-order valence-electron chi connectivity index (χ2n) is 1.96. The molecule has 0 aliphatic rings. The monoisotopic (exact) mass is 170 g/mol. The normalized spacial score (nSPS) is 9.20. The predicted molar refractivity (Wildman–Crippen MR) is 49.1 cm³/mol. The lowest BCUT2D eigenvalue weighted by atomic mass is 10.3. The minimum atomic E-state index is 0. The van der Waals surface area contributed by atoms with Crippen LogP contribution in [0.4, 0.5) is 0 Å². The maximum Gasteiger partial charge on any atom is 0.0342 e. The van der Waals surface area contributed by atoms with Crippen LogP contribution in [0.3, 0.4) is 0 Å². The fraction of sp³-hybridized carbons (Fsp3) is 0. The topological polar surface area (TPSA) is 0 Å². The molecular formula is C8H7ClS. The van der Waals surface area contributed by atoms with E-state index >= 15 is 0 Å². The first-order valence-corrected chi connectivity index (χ1v) is 3.77. The molecule has 0 nitrogen and oxygen atoms in total. The lowest BCUT2D eigenvalue weighted by Gasteiger charge is -1.82. The Hall–Kier alpha value is -0.530. The molecule has 0 bridgehead atoms. The van der Waals surface area contributed by atoms with Crippen LogP contribution in [0.2, 0.25) is 0 Å². The molecule has 1 aromatic heterocycles. The van der Waals surface area contributed by atoms with Crippen molar-refractivity contribution in [2.24, 2.45) is 0 Å². The number of hydrogen-bond donors (Lipinski definition) is 0. The van der Waals surface area contributed by atoms with Gasteiger partial charge in [-0.25, -0.2) is 0 Å². The maximum atomic E-state index is 2.14. The van der Waals surface area contributed by atoms with Crippen LogP contribution in [-0.4, -0.2) is 0 Å². The van der Waals surface area contributed by atoms with E-state index in [1.54, 1.807) is 11.3 Å². The standard InChI is InChI=1S/C8H6S.ClH/c1-2-4-8-7(3-1)5-6-9-8;/h1-6H;1H. The average molecular weight is 171 g/mol. The van der Waals surface area contributed by atoms with Gasteiger partial charge in [0.15, 0.2) is 0 Å². The minimum absolute atomic E-state index is 0. The summed E-state index contributed by atoms with van der Waals surface area (Å²) in [5.74, 6) is 0. The van der Waals surface area contributed by atoms with Crippen molar-refractivity contribution in [3.63, 3.8) is 0 Å². The summed E-state index contributed by atoms with van der Waals surface area (Å²) in [4.78, 5) is 0. The van der Waals surface area contributed by atoms with Gasteiger partial charge in [0, 0.05) is 4.70 Å². The van der Waals surface area contributed by atoms with E-state index in [0.717, 1.165) is 0 Å². The maximum absolute atomic E-state index is 2.14. The fourth-order valence-electron chi connectivity index (χ4n) is 0.906. The van der Waals surface area contributed by atoms with Crippen molar-refractivity contribution in [3.05, 3.63) is 35.7 Å². The fourth-order valence-corrected chi connectivity index (χ4v) is 1.70. The van der Waals surface area contributed by atoms with Crippen molar-refractivity contribution >= 4 is 33.8 Å². The van der Waals surface area contributed by atoms with Crippen LogP contribution in [0.5, 0.6) is 0 Å². The molecule has 0 aliphatic heterocycles. The van der Waals surface area contributed by atoms with Crippen molar-refractivity contribution in [2.75, 3.05) is 0 Å². The third-order valence-electron chi connectivity index (χ3n) is 1.36. The summed E-state index contributed by atoms with van der Waals surface area (Å²) < 4.78 is 1.37. The largest absolute Gasteiger partial charge is 0.147 e. The third-order valence-corrected chi connectivity index (χ3v) is 2.26. The van der Waals surface area contributed by atoms with Gasteiger partial charge in [0.05, 0.1) is 0 Å². The molecule has 10 heavy (non-hydrogen) atoms. The number of hydrogen-bond acceptors (Lipinski definition) is 1. The molecule has 0 amide bonds. The van der Waals surface area contributed by atoms with Crippen LogP contribution in [0.1, 0.15) is 0 Å². The Bertz CT molecular complexity index is 283. The molecule has 0 saturated heterocycles. The Labute approximate surface area is 69.9 Å². The zero-order chi connectivity index (χ0) is 6.10. The molecule has 1 heterocycles. The Morgan fingerprint density at radius 2 is 1.80 bits per heavy atom. The Morgan fingerprint density at radius 3 is 2.60 bits per heavy atom. The quantitative estimate of drug-likeness (QED) is 0.569. The summed E-state index contributed by atoms with van der Waals surface area (Å²) in [6.45, 7) is 0. The first kappa shape index (κ1) is 7.58. The molecule has 0 spiro atoms. The lowest BCUT2D eigenvalue weighted by molar-refractivity contribution is 1.86. The van der Waals surface area contributed by atoms with Crippen molar-refractivity contribution in [1.82, 2.24) is 0 Å². The summed E-state index contributed by atoms with van der Waals surface area (Å²) in [5.41, 5.74) is 0. The Morgan fingerprint density at radius 1 is 1.00 bits per heavy atom. The smallest absolute Gasteiger partial charge is 0.0342 e. The zero-order valence-electron chi connectivity index (χ0n) is 5.28. The van der Waals surface area contributed by atoms with Crippen molar-refractivity contribution in [1.29, 1.82) is 0 Å². The summed E-state index contributed by atoms with van der Waals surface area (Å²) in [7, 11) is 0. The first-order chi connectivity index (χ1) is 4.47. The third kappa shape index (κ3) is 1.15. The molecule has 0 atom stereocenters. The molecule has 52 valence electrons. The van der Waals surface area contributed by atoms with Crippen molar-refractivity contribution in [2.45, 2.75) is 0 Å². The molecule has 1 aromatic carbocycles. The van der Waals surface area contributed by atoms with Crippen LogP contribution < -0.4 is 0 Å². The van der Waals surface area contributed by atoms with E-state index in [1.807, 2.05) is 0 Å². The number of thiophene rings is 1. The van der Waals surface area contributed by atoms with E-state index in [1.165, 1.54) is 10.1 Å². The summed E-state index contributed by atoms with van der Waals surface area (Å²) >= 11 is 1.79. The van der Waals surface area contributed by atoms with Gasteiger partial charge in [-0.3, -0.25) is 0 Å².